The third-order valence-electron chi connectivity index (χ3n) is 2.87. The number of rotatable bonds is 4. The van der Waals surface area contributed by atoms with E-state index in [2.05, 4.69) is 36.3 Å². The van der Waals surface area contributed by atoms with Crippen LogP contribution in [0.25, 0.3) is 11.3 Å². The Balaban J connectivity index is 2.28. The second-order valence-electron chi connectivity index (χ2n) is 5.68. The summed E-state index contributed by atoms with van der Waals surface area (Å²) < 4.78 is 0. The van der Waals surface area contributed by atoms with E-state index >= 15 is 0 Å². The molecule has 106 valence electrons. The zero-order valence-electron chi connectivity index (χ0n) is 11.8. The lowest BCUT2D eigenvalue weighted by Crippen LogP contribution is -2.35. The average Bonchev–Trinajstić information content (AvgIpc) is 2.84. The molecule has 0 fully saturated rings. The van der Waals surface area contributed by atoms with Crippen molar-refractivity contribution in [2.24, 2.45) is 0 Å². The molecule has 6 heteroatoms. The van der Waals surface area contributed by atoms with Gasteiger partial charge in [0.15, 0.2) is 0 Å². The summed E-state index contributed by atoms with van der Waals surface area (Å²) >= 11 is 0. The van der Waals surface area contributed by atoms with E-state index in [1.807, 2.05) is 6.07 Å². The number of nitrogens with zero attached hydrogens (tertiary/aromatic N) is 2. The zero-order chi connectivity index (χ0) is 14.8. The minimum Gasteiger partial charge on any atom is -0.308 e. The SMILES string of the molecule is CC(C)(C)NCc1cn[nH]c1-c1cccc([N+](=O)[O-])c1. The molecule has 0 unspecified atom stereocenters. The third-order valence-corrected chi connectivity index (χ3v) is 2.87. The molecule has 0 aliphatic carbocycles. The van der Waals surface area contributed by atoms with E-state index in [-0.39, 0.29) is 11.2 Å². The number of nitro benzene ring substituents is 1. The van der Waals surface area contributed by atoms with Crippen molar-refractivity contribution in [2.45, 2.75) is 32.9 Å². The molecule has 0 aliphatic rings. The van der Waals surface area contributed by atoms with Crippen LogP contribution in [0.4, 0.5) is 5.69 Å². The van der Waals surface area contributed by atoms with Crippen molar-refractivity contribution in [3.05, 3.63) is 46.1 Å². The van der Waals surface area contributed by atoms with E-state index < -0.39 is 4.92 Å². The molecular weight excluding hydrogens is 256 g/mol. The zero-order valence-corrected chi connectivity index (χ0v) is 11.8. The quantitative estimate of drug-likeness (QED) is 0.663. The number of nitrogens with one attached hydrogen (secondary N) is 2. The van der Waals surface area contributed by atoms with Crippen molar-refractivity contribution in [1.82, 2.24) is 15.5 Å². The maximum Gasteiger partial charge on any atom is 0.270 e. The van der Waals surface area contributed by atoms with Crippen LogP contribution in [0.2, 0.25) is 0 Å². The lowest BCUT2D eigenvalue weighted by Gasteiger charge is -2.20. The number of benzene rings is 1. The standard InChI is InChI=1S/C14H18N4O2/c1-14(2,3)15-8-11-9-16-17-13(11)10-5-4-6-12(7-10)18(19)20/h4-7,9,15H,8H2,1-3H3,(H,16,17). The molecule has 0 amide bonds. The summed E-state index contributed by atoms with van der Waals surface area (Å²) in [7, 11) is 0. The molecule has 2 rings (SSSR count). The van der Waals surface area contributed by atoms with E-state index in [0.29, 0.717) is 6.54 Å². The monoisotopic (exact) mass is 274 g/mol. The minimum atomic E-state index is -0.396. The first-order valence-corrected chi connectivity index (χ1v) is 6.39. The Morgan fingerprint density at radius 2 is 2.15 bits per heavy atom. The number of hydrogen-bond donors (Lipinski definition) is 2. The molecule has 1 aromatic heterocycles. The van der Waals surface area contributed by atoms with Gasteiger partial charge < -0.3 is 5.32 Å². The molecule has 0 bridgehead atoms. The van der Waals surface area contributed by atoms with Crippen molar-refractivity contribution in [3.8, 4) is 11.3 Å². The van der Waals surface area contributed by atoms with E-state index in [9.17, 15) is 10.1 Å². The van der Waals surface area contributed by atoms with Crippen LogP contribution in [0.3, 0.4) is 0 Å². The van der Waals surface area contributed by atoms with Gasteiger partial charge in [0.05, 0.1) is 16.8 Å². The highest BCUT2D eigenvalue weighted by Crippen LogP contribution is 2.25. The van der Waals surface area contributed by atoms with Crippen molar-refractivity contribution < 1.29 is 4.92 Å². The lowest BCUT2D eigenvalue weighted by atomic mass is 10.1. The molecule has 6 nitrogen and oxygen atoms in total. The van der Waals surface area contributed by atoms with Gasteiger partial charge in [0, 0.05) is 35.3 Å². The molecule has 0 spiro atoms. The molecule has 20 heavy (non-hydrogen) atoms. The number of aromatic nitrogens is 2. The van der Waals surface area contributed by atoms with Gasteiger partial charge in [-0.1, -0.05) is 12.1 Å². The predicted molar refractivity (Wildman–Crippen MR) is 77.3 cm³/mol. The molecule has 2 aromatic rings. The molecule has 0 aliphatic heterocycles. The van der Waals surface area contributed by atoms with Crippen LogP contribution in [0.1, 0.15) is 26.3 Å². The molecule has 2 N–H and O–H groups in total. The summed E-state index contributed by atoms with van der Waals surface area (Å²) in [6, 6.07) is 6.54. The smallest absolute Gasteiger partial charge is 0.270 e. The summed E-state index contributed by atoms with van der Waals surface area (Å²) in [4.78, 5) is 10.4. The highest BCUT2D eigenvalue weighted by molar-refractivity contribution is 5.65. The fraction of sp³-hybridized carbons (Fsp3) is 0.357. The maximum absolute atomic E-state index is 10.8. The van der Waals surface area contributed by atoms with E-state index in [1.165, 1.54) is 6.07 Å². The van der Waals surface area contributed by atoms with Gasteiger partial charge in [0.25, 0.3) is 5.69 Å². The van der Waals surface area contributed by atoms with Gasteiger partial charge in [-0.2, -0.15) is 5.10 Å². The second-order valence-corrected chi connectivity index (χ2v) is 5.68. The number of non-ortho nitro benzene ring substituents is 1. The molecule has 1 heterocycles. The van der Waals surface area contributed by atoms with Gasteiger partial charge in [0.1, 0.15) is 0 Å². The second kappa shape index (κ2) is 5.42. The van der Waals surface area contributed by atoms with Gasteiger partial charge in [-0.25, -0.2) is 0 Å². The normalized spacial score (nSPS) is 11.6. The number of hydrogen-bond acceptors (Lipinski definition) is 4. The predicted octanol–water partition coefficient (Wildman–Crippen LogP) is 2.87. The Hall–Kier alpha value is -2.21. The molecule has 0 radical (unpaired) electrons. The van der Waals surface area contributed by atoms with Gasteiger partial charge in [0.2, 0.25) is 0 Å². The van der Waals surface area contributed by atoms with Crippen molar-refractivity contribution in [3.63, 3.8) is 0 Å². The van der Waals surface area contributed by atoms with Gasteiger partial charge in [-0.05, 0) is 20.8 Å². The first kappa shape index (κ1) is 14.2. The minimum absolute atomic E-state index is 0.00275. The van der Waals surface area contributed by atoms with E-state index in [1.54, 1.807) is 18.3 Å². The van der Waals surface area contributed by atoms with Crippen LogP contribution < -0.4 is 5.32 Å². The number of H-pyrrole nitrogens is 1. The van der Waals surface area contributed by atoms with Gasteiger partial charge in [-0.15, -0.1) is 0 Å². The Kier molecular flexibility index (Phi) is 3.85. The summed E-state index contributed by atoms with van der Waals surface area (Å²) in [6.07, 6.45) is 1.74. The van der Waals surface area contributed by atoms with E-state index in [0.717, 1.165) is 16.8 Å². The third kappa shape index (κ3) is 3.42. The first-order valence-electron chi connectivity index (χ1n) is 6.39. The van der Waals surface area contributed by atoms with Crippen LogP contribution >= 0.6 is 0 Å². The van der Waals surface area contributed by atoms with Crippen molar-refractivity contribution in [1.29, 1.82) is 0 Å². The number of aromatic amines is 1. The molecule has 0 saturated heterocycles. The summed E-state index contributed by atoms with van der Waals surface area (Å²) in [5.74, 6) is 0. The summed E-state index contributed by atoms with van der Waals surface area (Å²) in [5.41, 5.74) is 2.64. The molecular formula is C14H18N4O2. The van der Waals surface area contributed by atoms with Crippen molar-refractivity contribution in [2.75, 3.05) is 0 Å². The Morgan fingerprint density at radius 1 is 1.40 bits per heavy atom. The molecule has 0 atom stereocenters. The molecule has 1 aromatic carbocycles. The Morgan fingerprint density at radius 3 is 2.80 bits per heavy atom. The summed E-state index contributed by atoms with van der Waals surface area (Å²) in [5, 5.41) is 21.2. The first-order chi connectivity index (χ1) is 9.37. The van der Waals surface area contributed by atoms with Crippen molar-refractivity contribution >= 4 is 5.69 Å². The fourth-order valence-corrected chi connectivity index (χ4v) is 1.83. The van der Waals surface area contributed by atoms with Crippen LogP contribution in [0.5, 0.6) is 0 Å². The van der Waals surface area contributed by atoms with Crippen LogP contribution in [0, 0.1) is 10.1 Å². The summed E-state index contributed by atoms with van der Waals surface area (Å²) in [6.45, 7) is 6.90. The number of nitro groups is 1. The van der Waals surface area contributed by atoms with Crippen LogP contribution in [-0.2, 0) is 6.54 Å². The van der Waals surface area contributed by atoms with Crippen LogP contribution in [-0.4, -0.2) is 20.7 Å². The average molecular weight is 274 g/mol. The fourth-order valence-electron chi connectivity index (χ4n) is 1.83. The van der Waals surface area contributed by atoms with E-state index in [4.69, 9.17) is 0 Å². The topological polar surface area (TPSA) is 83.8 Å². The largest absolute Gasteiger partial charge is 0.308 e. The maximum atomic E-state index is 10.8. The van der Waals surface area contributed by atoms with Gasteiger partial charge in [-0.3, -0.25) is 15.2 Å². The highest BCUT2D eigenvalue weighted by atomic mass is 16.6. The lowest BCUT2D eigenvalue weighted by molar-refractivity contribution is -0.384. The Labute approximate surface area is 117 Å². The Bertz CT molecular complexity index is 614. The molecule has 0 saturated carbocycles. The highest BCUT2D eigenvalue weighted by Gasteiger charge is 2.14. The van der Waals surface area contributed by atoms with Crippen LogP contribution in [0.15, 0.2) is 30.5 Å². The van der Waals surface area contributed by atoms with Gasteiger partial charge >= 0.3 is 0 Å².